The maximum absolute atomic E-state index is 12.0. The Balaban J connectivity index is 2.13. The molecule has 0 saturated heterocycles. The van der Waals surface area contributed by atoms with Gasteiger partial charge in [-0.25, -0.2) is 8.42 Å². The van der Waals surface area contributed by atoms with E-state index in [0.717, 1.165) is 3.57 Å². The molecule has 100 valence electrons. The van der Waals surface area contributed by atoms with Crippen molar-refractivity contribution in [2.45, 2.75) is 5.75 Å². The highest BCUT2D eigenvalue weighted by atomic mass is 127. The maximum atomic E-state index is 12.0. The number of nitrogens with one attached hydrogen (secondary N) is 1. The van der Waals surface area contributed by atoms with Crippen LogP contribution < -0.4 is 10.5 Å². The Hall–Kier alpha value is -1.28. The summed E-state index contributed by atoms with van der Waals surface area (Å²) in [6.07, 6.45) is 0. The first-order valence-corrected chi connectivity index (χ1v) is 8.28. The van der Waals surface area contributed by atoms with E-state index >= 15 is 0 Å². The minimum Gasteiger partial charge on any atom is -0.399 e. The summed E-state index contributed by atoms with van der Waals surface area (Å²) in [7, 11) is -3.41. The van der Waals surface area contributed by atoms with Gasteiger partial charge in [0.2, 0.25) is 10.0 Å². The molecule has 2 aromatic carbocycles. The molecule has 0 aliphatic heterocycles. The first-order chi connectivity index (χ1) is 8.94. The molecule has 0 bridgehead atoms. The third-order valence-electron chi connectivity index (χ3n) is 2.43. The van der Waals surface area contributed by atoms with Gasteiger partial charge in [-0.15, -0.1) is 0 Å². The Kier molecular flexibility index (Phi) is 4.31. The van der Waals surface area contributed by atoms with Crippen molar-refractivity contribution in [3.05, 3.63) is 57.7 Å². The van der Waals surface area contributed by atoms with Crippen LogP contribution in [0, 0.1) is 3.57 Å². The number of rotatable bonds is 4. The molecule has 2 aromatic rings. The fraction of sp³-hybridized carbons (Fsp3) is 0.0769. The lowest BCUT2D eigenvalue weighted by molar-refractivity contribution is 0.600. The average Bonchev–Trinajstić information content (AvgIpc) is 2.31. The summed E-state index contributed by atoms with van der Waals surface area (Å²) in [5, 5.41) is 0. The largest absolute Gasteiger partial charge is 0.399 e. The number of nitrogens with two attached hydrogens (primary N) is 1. The van der Waals surface area contributed by atoms with Crippen LogP contribution in [0.25, 0.3) is 0 Å². The molecule has 0 aliphatic carbocycles. The van der Waals surface area contributed by atoms with E-state index in [0.29, 0.717) is 16.9 Å². The van der Waals surface area contributed by atoms with Crippen molar-refractivity contribution < 1.29 is 8.42 Å². The van der Waals surface area contributed by atoms with Gasteiger partial charge in [-0.3, -0.25) is 4.72 Å². The highest BCUT2D eigenvalue weighted by Gasteiger charge is 2.11. The van der Waals surface area contributed by atoms with Gasteiger partial charge in [-0.1, -0.05) is 18.2 Å². The molecule has 4 nitrogen and oxygen atoms in total. The standard InChI is InChI=1S/C13H13IN2O2S/c14-11-2-1-3-13(8-11)16-19(17,18)9-10-4-6-12(15)7-5-10/h1-8,16H,9,15H2. The Bertz CT molecular complexity index is 669. The average molecular weight is 388 g/mol. The SMILES string of the molecule is Nc1ccc(CS(=O)(=O)Nc2cccc(I)c2)cc1. The van der Waals surface area contributed by atoms with Crippen molar-refractivity contribution in [1.29, 1.82) is 0 Å². The smallest absolute Gasteiger partial charge is 0.236 e. The lowest BCUT2D eigenvalue weighted by Gasteiger charge is -2.08. The maximum Gasteiger partial charge on any atom is 0.236 e. The zero-order chi connectivity index (χ0) is 13.9. The van der Waals surface area contributed by atoms with Crippen LogP contribution in [0.2, 0.25) is 0 Å². The molecule has 0 unspecified atom stereocenters. The quantitative estimate of drug-likeness (QED) is 0.625. The molecule has 0 atom stereocenters. The monoisotopic (exact) mass is 388 g/mol. The molecular formula is C13H13IN2O2S. The Morgan fingerprint density at radius 3 is 2.42 bits per heavy atom. The lowest BCUT2D eigenvalue weighted by Crippen LogP contribution is -2.15. The normalized spacial score (nSPS) is 11.2. The topological polar surface area (TPSA) is 72.2 Å². The van der Waals surface area contributed by atoms with Gasteiger partial charge in [0.25, 0.3) is 0 Å². The van der Waals surface area contributed by atoms with Gasteiger partial charge >= 0.3 is 0 Å². The van der Waals surface area contributed by atoms with Crippen LogP contribution in [-0.4, -0.2) is 8.42 Å². The van der Waals surface area contributed by atoms with E-state index in [2.05, 4.69) is 27.3 Å². The van der Waals surface area contributed by atoms with Crippen LogP contribution in [-0.2, 0) is 15.8 Å². The number of benzene rings is 2. The van der Waals surface area contributed by atoms with Crippen molar-refractivity contribution in [2.24, 2.45) is 0 Å². The molecule has 0 heterocycles. The van der Waals surface area contributed by atoms with Crippen molar-refractivity contribution in [2.75, 3.05) is 10.5 Å². The fourth-order valence-corrected chi connectivity index (χ4v) is 3.33. The zero-order valence-corrected chi connectivity index (χ0v) is 13.0. The lowest BCUT2D eigenvalue weighted by atomic mass is 10.2. The molecule has 19 heavy (non-hydrogen) atoms. The molecule has 0 radical (unpaired) electrons. The molecular weight excluding hydrogens is 375 g/mol. The summed E-state index contributed by atoms with van der Waals surface area (Å²) in [6, 6.07) is 14.0. The van der Waals surface area contributed by atoms with Gasteiger partial charge in [0.1, 0.15) is 0 Å². The first kappa shape index (κ1) is 14.1. The van der Waals surface area contributed by atoms with Crippen molar-refractivity contribution in [1.82, 2.24) is 0 Å². The number of halogens is 1. The van der Waals surface area contributed by atoms with Gasteiger partial charge in [0, 0.05) is 14.9 Å². The van der Waals surface area contributed by atoms with E-state index in [1.165, 1.54) is 0 Å². The van der Waals surface area contributed by atoms with E-state index in [4.69, 9.17) is 5.73 Å². The number of anilines is 2. The second kappa shape index (κ2) is 5.79. The predicted molar refractivity (Wildman–Crippen MR) is 86.3 cm³/mol. The minimum absolute atomic E-state index is 0.0707. The van der Waals surface area contributed by atoms with Gasteiger partial charge in [-0.2, -0.15) is 0 Å². The number of sulfonamides is 1. The van der Waals surface area contributed by atoms with Gasteiger partial charge < -0.3 is 5.73 Å². The molecule has 3 N–H and O–H groups in total. The molecule has 2 rings (SSSR count). The molecule has 0 saturated carbocycles. The van der Waals surface area contributed by atoms with Gasteiger partial charge in [0.05, 0.1) is 5.75 Å². The van der Waals surface area contributed by atoms with E-state index in [1.54, 1.807) is 36.4 Å². The Labute approximate surface area is 126 Å². The zero-order valence-electron chi connectivity index (χ0n) is 10.0. The summed E-state index contributed by atoms with van der Waals surface area (Å²) in [6.45, 7) is 0. The fourth-order valence-electron chi connectivity index (χ4n) is 1.60. The van der Waals surface area contributed by atoms with Crippen LogP contribution in [0.1, 0.15) is 5.56 Å². The van der Waals surface area contributed by atoms with Crippen LogP contribution in [0.3, 0.4) is 0 Å². The third-order valence-corrected chi connectivity index (χ3v) is 4.37. The summed E-state index contributed by atoms with van der Waals surface area (Å²) >= 11 is 2.14. The molecule has 0 aromatic heterocycles. The van der Waals surface area contributed by atoms with Crippen molar-refractivity contribution >= 4 is 44.0 Å². The van der Waals surface area contributed by atoms with Crippen LogP contribution in [0.5, 0.6) is 0 Å². The number of hydrogen-bond donors (Lipinski definition) is 2. The first-order valence-electron chi connectivity index (χ1n) is 5.55. The van der Waals surface area contributed by atoms with Crippen LogP contribution in [0.4, 0.5) is 11.4 Å². The third kappa shape index (κ3) is 4.39. The summed E-state index contributed by atoms with van der Waals surface area (Å²) < 4.78 is 27.6. The van der Waals surface area contributed by atoms with E-state index in [9.17, 15) is 8.42 Å². The highest BCUT2D eigenvalue weighted by molar-refractivity contribution is 14.1. The highest BCUT2D eigenvalue weighted by Crippen LogP contribution is 2.16. The number of hydrogen-bond acceptors (Lipinski definition) is 3. The predicted octanol–water partition coefficient (Wildman–Crippen LogP) is 2.82. The van der Waals surface area contributed by atoms with Crippen molar-refractivity contribution in [3.63, 3.8) is 0 Å². The van der Waals surface area contributed by atoms with Crippen LogP contribution >= 0.6 is 22.6 Å². The molecule has 6 heteroatoms. The molecule has 0 fully saturated rings. The molecule has 0 spiro atoms. The Morgan fingerprint density at radius 2 is 1.79 bits per heavy atom. The van der Waals surface area contributed by atoms with Crippen LogP contribution in [0.15, 0.2) is 48.5 Å². The second-order valence-electron chi connectivity index (χ2n) is 4.11. The van der Waals surface area contributed by atoms with Gasteiger partial charge in [0.15, 0.2) is 0 Å². The van der Waals surface area contributed by atoms with E-state index < -0.39 is 10.0 Å². The Morgan fingerprint density at radius 1 is 1.11 bits per heavy atom. The summed E-state index contributed by atoms with van der Waals surface area (Å²) in [4.78, 5) is 0. The second-order valence-corrected chi connectivity index (χ2v) is 7.08. The minimum atomic E-state index is -3.41. The molecule has 0 amide bonds. The summed E-state index contributed by atoms with van der Waals surface area (Å²) in [5.74, 6) is -0.0707. The van der Waals surface area contributed by atoms with E-state index in [-0.39, 0.29) is 5.75 Å². The van der Waals surface area contributed by atoms with E-state index in [1.807, 2.05) is 12.1 Å². The number of nitrogen functional groups attached to an aromatic ring is 1. The van der Waals surface area contributed by atoms with Gasteiger partial charge in [-0.05, 0) is 58.5 Å². The van der Waals surface area contributed by atoms with Crippen molar-refractivity contribution in [3.8, 4) is 0 Å². The summed E-state index contributed by atoms with van der Waals surface area (Å²) in [5.41, 5.74) is 7.45. The molecule has 0 aliphatic rings.